The van der Waals surface area contributed by atoms with Gasteiger partial charge in [-0.05, 0) is 0 Å². The van der Waals surface area contributed by atoms with Crippen LogP contribution in [0.3, 0.4) is 0 Å². The second kappa shape index (κ2) is 1.81. The zero-order chi connectivity index (χ0) is 6.20. The third kappa shape index (κ3) is 1.09. The second-order valence-corrected chi connectivity index (χ2v) is 3.54. The maximum atomic E-state index is 10.6. The molecule has 4 nitrogen and oxygen atoms in total. The third-order valence-electron chi connectivity index (χ3n) is 1.02. The molecule has 0 amide bonds. The fourth-order valence-electron chi connectivity index (χ4n) is 0.413. The number of hydrogen-bond acceptors (Lipinski definition) is 2. The molecule has 0 aromatic rings. The van der Waals surface area contributed by atoms with E-state index in [1.165, 1.54) is 11.8 Å². The van der Waals surface area contributed by atoms with Crippen LogP contribution in [-0.2, 0) is 9.09 Å². The van der Waals surface area contributed by atoms with E-state index in [-0.39, 0.29) is 0 Å². The third-order valence-corrected chi connectivity index (χ3v) is 2.61. The topological polar surface area (TPSA) is 49.5 Å². The Morgan fingerprint density at radius 2 is 2.25 bits per heavy atom. The van der Waals surface area contributed by atoms with Crippen molar-refractivity contribution >= 4 is 7.75 Å². The SMILES string of the molecule is COP(=O)(O)N1CC1. The van der Waals surface area contributed by atoms with Crippen molar-refractivity contribution in [2.75, 3.05) is 20.2 Å². The molecule has 0 aromatic carbocycles. The van der Waals surface area contributed by atoms with Gasteiger partial charge in [0.2, 0.25) is 0 Å². The molecule has 1 heterocycles. The molecule has 1 aliphatic heterocycles. The fourth-order valence-corrected chi connectivity index (χ4v) is 1.24. The van der Waals surface area contributed by atoms with Crippen LogP contribution in [-0.4, -0.2) is 29.8 Å². The van der Waals surface area contributed by atoms with E-state index in [0.717, 1.165) is 0 Å². The van der Waals surface area contributed by atoms with Crippen molar-refractivity contribution in [1.29, 1.82) is 0 Å². The van der Waals surface area contributed by atoms with Crippen LogP contribution < -0.4 is 0 Å². The summed E-state index contributed by atoms with van der Waals surface area (Å²) < 4.78 is 16.3. The normalized spacial score (nSPS) is 27.2. The molecule has 1 aliphatic rings. The molecule has 1 rings (SSSR count). The van der Waals surface area contributed by atoms with Crippen LogP contribution in [0.15, 0.2) is 0 Å². The van der Waals surface area contributed by atoms with E-state index in [1.54, 1.807) is 0 Å². The predicted octanol–water partition coefficient (Wildman–Crippen LogP) is 0.0488. The Labute approximate surface area is 47.7 Å². The summed E-state index contributed by atoms with van der Waals surface area (Å²) in [7, 11) is -2.07. The van der Waals surface area contributed by atoms with E-state index in [9.17, 15) is 4.57 Å². The van der Waals surface area contributed by atoms with E-state index < -0.39 is 7.75 Å². The van der Waals surface area contributed by atoms with Gasteiger partial charge < -0.3 is 9.42 Å². The van der Waals surface area contributed by atoms with Gasteiger partial charge in [-0.2, -0.15) is 0 Å². The van der Waals surface area contributed by atoms with E-state index in [0.29, 0.717) is 13.1 Å². The quantitative estimate of drug-likeness (QED) is 0.431. The summed E-state index contributed by atoms with van der Waals surface area (Å²) >= 11 is 0. The number of hydrogen-bond donors (Lipinski definition) is 1. The van der Waals surface area contributed by atoms with E-state index in [2.05, 4.69) is 4.52 Å². The van der Waals surface area contributed by atoms with Gasteiger partial charge in [0.05, 0.1) is 0 Å². The van der Waals surface area contributed by atoms with Gasteiger partial charge in [-0.3, -0.25) is 0 Å². The Balaban J connectivity index is 2.50. The van der Waals surface area contributed by atoms with Crippen LogP contribution in [0.25, 0.3) is 0 Å². The smallest absolute Gasteiger partial charge is 0.312 e. The summed E-state index contributed by atoms with van der Waals surface area (Å²) in [5.74, 6) is 0. The average molecular weight is 137 g/mol. The fraction of sp³-hybridized carbons (Fsp3) is 1.00. The molecule has 1 atom stereocenters. The van der Waals surface area contributed by atoms with Crippen molar-refractivity contribution in [3.63, 3.8) is 0 Å². The van der Waals surface area contributed by atoms with Crippen molar-refractivity contribution in [1.82, 2.24) is 4.67 Å². The van der Waals surface area contributed by atoms with Crippen LogP contribution in [0.1, 0.15) is 0 Å². The molecule has 5 heteroatoms. The van der Waals surface area contributed by atoms with Crippen molar-refractivity contribution < 1.29 is 14.0 Å². The first-order valence-electron chi connectivity index (χ1n) is 2.31. The highest BCUT2D eigenvalue weighted by molar-refractivity contribution is 7.50. The van der Waals surface area contributed by atoms with Gasteiger partial charge >= 0.3 is 7.75 Å². The summed E-state index contributed by atoms with van der Waals surface area (Å²) in [6.45, 7) is 1.36. The van der Waals surface area contributed by atoms with Crippen LogP contribution in [0.2, 0.25) is 0 Å². The zero-order valence-electron chi connectivity index (χ0n) is 4.57. The molecule has 0 bridgehead atoms. The number of nitrogens with zero attached hydrogens (tertiary/aromatic N) is 1. The molecule has 0 aliphatic carbocycles. The van der Waals surface area contributed by atoms with Gasteiger partial charge in [0.1, 0.15) is 0 Å². The maximum absolute atomic E-state index is 10.6. The average Bonchev–Trinajstić information content (AvgIpc) is 2.44. The summed E-state index contributed by atoms with van der Waals surface area (Å²) in [6, 6.07) is 0. The summed E-state index contributed by atoms with van der Waals surface area (Å²) in [4.78, 5) is 8.72. The van der Waals surface area contributed by atoms with Crippen molar-refractivity contribution in [2.45, 2.75) is 0 Å². The monoisotopic (exact) mass is 137 g/mol. The van der Waals surface area contributed by atoms with Crippen molar-refractivity contribution in [2.24, 2.45) is 0 Å². The van der Waals surface area contributed by atoms with Crippen LogP contribution in [0.5, 0.6) is 0 Å². The lowest BCUT2D eigenvalue weighted by molar-refractivity contribution is 0.285. The van der Waals surface area contributed by atoms with Crippen LogP contribution in [0.4, 0.5) is 0 Å². The number of rotatable bonds is 2. The van der Waals surface area contributed by atoms with E-state index in [4.69, 9.17) is 4.89 Å². The molecule has 1 N–H and O–H groups in total. The first-order chi connectivity index (χ1) is 3.67. The predicted molar refractivity (Wildman–Crippen MR) is 28.4 cm³/mol. The van der Waals surface area contributed by atoms with Gasteiger partial charge in [0.25, 0.3) is 0 Å². The first-order valence-corrected chi connectivity index (χ1v) is 3.84. The standard InChI is InChI=1S/C3H8NO3P/c1-7-8(5,6)4-2-3-4/h2-3H2,1H3,(H,5,6). The summed E-state index contributed by atoms with van der Waals surface area (Å²) in [5.41, 5.74) is 0. The largest absolute Gasteiger partial charge is 0.405 e. The molecule has 0 saturated carbocycles. The van der Waals surface area contributed by atoms with E-state index >= 15 is 0 Å². The first kappa shape index (κ1) is 6.23. The van der Waals surface area contributed by atoms with Crippen LogP contribution in [0, 0.1) is 0 Å². The van der Waals surface area contributed by atoms with Crippen LogP contribution >= 0.6 is 7.75 Å². The summed E-state index contributed by atoms with van der Waals surface area (Å²) in [6.07, 6.45) is 0. The highest BCUT2D eigenvalue weighted by Gasteiger charge is 2.36. The van der Waals surface area contributed by atoms with Crippen molar-refractivity contribution in [3.8, 4) is 0 Å². The molecule has 0 aromatic heterocycles. The molecule has 1 unspecified atom stereocenters. The minimum atomic E-state index is -3.30. The Morgan fingerprint density at radius 1 is 1.75 bits per heavy atom. The molecule has 1 saturated heterocycles. The van der Waals surface area contributed by atoms with Crippen molar-refractivity contribution in [3.05, 3.63) is 0 Å². The molecule has 48 valence electrons. The van der Waals surface area contributed by atoms with Gasteiger partial charge in [-0.25, -0.2) is 9.24 Å². The Kier molecular flexibility index (Phi) is 1.41. The van der Waals surface area contributed by atoms with Gasteiger partial charge in [0.15, 0.2) is 0 Å². The Morgan fingerprint density at radius 3 is 2.38 bits per heavy atom. The molecule has 1 fully saturated rings. The highest BCUT2D eigenvalue weighted by atomic mass is 31.2. The molecular weight excluding hydrogens is 129 g/mol. The maximum Gasteiger partial charge on any atom is 0.405 e. The minimum Gasteiger partial charge on any atom is -0.312 e. The molecular formula is C3H8NO3P. The lowest BCUT2D eigenvalue weighted by atomic mass is 11.0. The molecule has 0 spiro atoms. The second-order valence-electron chi connectivity index (χ2n) is 1.63. The highest BCUT2D eigenvalue weighted by Crippen LogP contribution is 2.49. The molecule has 0 radical (unpaired) electrons. The van der Waals surface area contributed by atoms with Gasteiger partial charge in [-0.1, -0.05) is 0 Å². The Hall–Kier alpha value is 0.110. The summed E-state index contributed by atoms with van der Waals surface area (Å²) in [5, 5.41) is 0. The zero-order valence-corrected chi connectivity index (χ0v) is 5.47. The lowest BCUT2D eigenvalue weighted by Crippen LogP contribution is -1.93. The lowest BCUT2D eigenvalue weighted by Gasteiger charge is -2.06. The molecule has 8 heavy (non-hydrogen) atoms. The Bertz CT molecular complexity index is 132. The minimum absolute atomic E-state index is 0.682. The van der Waals surface area contributed by atoms with Gasteiger partial charge in [-0.15, -0.1) is 0 Å². The van der Waals surface area contributed by atoms with E-state index in [1.807, 2.05) is 0 Å². The van der Waals surface area contributed by atoms with Gasteiger partial charge in [0, 0.05) is 20.2 Å².